The summed E-state index contributed by atoms with van der Waals surface area (Å²) in [6.45, 7) is 0.394. The van der Waals surface area contributed by atoms with Gasteiger partial charge in [-0.25, -0.2) is 8.78 Å². The van der Waals surface area contributed by atoms with E-state index in [0.29, 0.717) is 18.0 Å². The Labute approximate surface area is 94.7 Å². The number of halogens is 2. The molecule has 0 radical (unpaired) electrons. The van der Waals surface area contributed by atoms with Gasteiger partial charge in [-0.2, -0.15) is 0 Å². The summed E-state index contributed by atoms with van der Waals surface area (Å²) in [4.78, 5) is 0. The molecule has 1 nitrogen and oxygen atoms in total. The highest BCUT2D eigenvalue weighted by Gasteiger charge is 2.27. The maximum absolute atomic E-state index is 13.6. The first-order valence-corrected chi connectivity index (χ1v) is 5.87. The Morgan fingerprint density at radius 2 is 1.94 bits per heavy atom. The average Bonchev–Trinajstić information content (AvgIpc) is 2.78. The van der Waals surface area contributed by atoms with Gasteiger partial charge in [0.15, 0.2) is 0 Å². The molecule has 1 aromatic rings. The quantitative estimate of drug-likeness (QED) is 0.840. The third kappa shape index (κ3) is 2.24. The topological polar surface area (TPSA) is 26.0 Å². The molecule has 0 spiro atoms. The Hall–Kier alpha value is -0.960. The van der Waals surface area contributed by atoms with Gasteiger partial charge in [-0.15, -0.1) is 0 Å². The second-order valence-electron chi connectivity index (χ2n) is 4.55. The zero-order chi connectivity index (χ0) is 11.5. The van der Waals surface area contributed by atoms with E-state index < -0.39 is 0 Å². The van der Waals surface area contributed by atoms with E-state index >= 15 is 0 Å². The lowest BCUT2D eigenvalue weighted by Gasteiger charge is -2.22. The lowest BCUT2D eigenvalue weighted by Crippen LogP contribution is -2.21. The molecule has 2 N–H and O–H groups in total. The summed E-state index contributed by atoms with van der Waals surface area (Å²) in [5.41, 5.74) is 6.17. The smallest absolute Gasteiger partial charge is 0.126 e. The second-order valence-corrected chi connectivity index (χ2v) is 4.55. The zero-order valence-corrected chi connectivity index (χ0v) is 9.26. The summed E-state index contributed by atoms with van der Waals surface area (Å²) in [6.07, 6.45) is 4.52. The Morgan fingerprint density at radius 3 is 2.56 bits per heavy atom. The lowest BCUT2D eigenvalue weighted by atomic mass is 9.84. The van der Waals surface area contributed by atoms with Crippen molar-refractivity contribution in [2.45, 2.75) is 31.6 Å². The molecule has 0 aromatic heterocycles. The number of hydrogen-bond acceptors (Lipinski definition) is 1. The predicted octanol–water partition coefficient (Wildman–Crippen LogP) is 3.20. The van der Waals surface area contributed by atoms with Crippen LogP contribution in [-0.2, 0) is 0 Å². The van der Waals surface area contributed by atoms with Crippen molar-refractivity contribution in [3.63, 3.8) is 0 Å². The molecule has 1 saturated carbocycles. The molecule has 0 heterocycles. The summed E-state index contributed by atoms with van der Waals surface area (Å²) in [6, 6.07) is 3.65. The Bertz CT molecular complexity index is 359. The van der Waals surface area contributed by atoms with Crippen LogP contribution >= 0.6 is 0 Å². The van der Waals surface area contributed by atoms with Crippen molar-refractivity contribution < 1.29 is 8.78 Å². The maximum atomic E-state index is 13.6. The van der Waals surface area contributed by atoms with Gasteiger partial charge in [0.25, 0.3) is 0 Å². The van der Waals surface area contributed by atoms with Crippen LogP contribution in [0.5, 0.6) is 0 Å². The highest BCUT2D eigenvalue weighted by molar-refractivity contribution is 5.24. The van der Waals surface area contributed by atoms with Crippen molar-refractivity contribution >= 4 is 0 Å². The fourth-order valence-electron chi connectivity index (χ4n) is 2.73. The van der Waals surface area contributed by atoms with E-state index in [1.165, 1.54) is 25.0 Å². The van der Waals surface area contributed by atoms with Crippen molar-refractivity contribution in [3.8, 4) is 0 Å². The highest BCUT2D eigenvalue weighted by atomic mass is 19.1. The normalized spacial score (nSPS) is 18.9. The number of rotatable bonds is 3. The third-order valence-electron chi connectivity index (χ3n) is 3.58. The molecule has 2 rings (SSSR count). The Balaban J connectivity index is 2.28. The van der Waals surface area contributed by atoms with E-state index in [1.54, 1.807) is 0 Å². The van der Waals surface area contributed by atoms with Crippen LogP contribution in [0.4, 0.5) is 8.78 Å². The van der Waals surface area contributed by atoms with E-state index in [4.69, 9.17) is 5.73 Å². The van der Waals surface area contributed by atoms with E-state index in [-0.39, 0.29) is 17.6 Å². The predicted molar refractivity (Wildman–Crippen MR) is 60.1 cm³/mol. The van der Waals surface area contributed by atoms with Crippen molar-refractivity contribution in [2.75, 3.05) is 6.54 Å². The largest absolute Gasteiger partial charge is 0.330 e. The monoisotopic (exact) mass is 225 g/mol. The summed E-state index contributed by atoms with van der Waals surface area (Å²) in [5.74, 6) is -0.323. The molecular weight excluding hydrogens is 208 g/mol. The molecule has 0 bridgehead atoms. The molecule has 0 amide bonds. The molecule has 88 valence electrons. The number of nitrogens with two attached hydrogens (primary N) is 1. The minimum atomic E-state index is -0.382. The maximum Gasteiger partial charge on any atom is 0.126 e. The first-order valence-electron chi connectivity index (χ1n) is 5.87. The van der Waals surface area contributed by atoms with E-state index in [1.807, 2.05) is 0 Å². The summed E-state index contributed by atoms with van der Waals surface area (Å²) < 4.78 is 26.8. The SMILES string of the molecule is NCC(c1cc(F)ccc1F)C1CCCC1. The van der Waals surface area contributed by atoms with Crippen LogP contribution in [0.2, 0.25) is 0 Å². The van der Waals surface area contributed by atoms with E-state index in [2.05, 4.69) is 0 Å². The first-order chi connectivity index (χ1) is 7.72. The fraction of sp³-hybridized carbons (Fsp3) is 0.538. The molecule has 0 saturated heterocycles. The molecule has 16 heavy (non-hydrogen) atoms. The van der Waals surface area contributed by atoms with Crippen LogP contribution < -0.4 is 5.73 Å². The number of benzene rings is 1. The fourth-order valence-corrected chi connectivity index (χ4v) is 2.73. The van der Waals surface area contributed by atoms with Gasteiger partial charge in [0, 0.05) is 5.92 Å². The van der Waals surface area contributed by atoms with E-state index in [0.717, 1.165) is 18.9 Å². The molecule has 1 aliphatic carbocycles. The Kier molecular flexibility index (Phi) is 3.54. The molecule has 1 fully saturated rings. The third-order valence-corrected chi connectivity index (χ3v) is 3.58. The van der Waals surface area contributed by atoms with Gasteiger partial charge in [0.2, 0.25) is 0 Å². The Morgan fingerprint density at radius 1 is 1.25 bits per heavy atom. The second kappa shape index (κ2) is 4.91. The van der Waals surface area contributed by atoms with Crippen molar-refractivity contribution in [1.29, 1.82) is 0 Å². The van der Waals surface area contributed by atoms with Gasteiger partial charge in [-0.3, -0.25) is 0 Å². The van der Waals surface area contributed by atoms with Gasteiger partial charge in [0.1, 0.15) is 11.6 Å². The van der Waals surface area contributed by atoms with Crippen LogP contribution in [0, 0.1) is 17.6 Å². The first kappa shape index (κ1) is 11.5. The van der Waals surface area contributed by atoms with Crippen LogP contribution in [0.3, 0.4) is 0 Å². The molecule has 1 unspecified atom stereocenters. The minimum Gasteiger partial charge on any atom is -0.330 e. The van der Waals surface area contributed by atoms with Crippen LogP contribution in [0.25, 0.3) is 0 Å². The van der Waals surface area contributed by atoms with Crippen molar-refractivity contribution in [2.24, 2.45) is 11.7 Å². The van der Waals surface area contributed by atoms with Crippen LogP contribution in [-0.4, -0.2) is 6.54 Å². The highest BCUT2D eigenvalue weighted by Crippen LogP contribution is 2.37. The van der Waals surface area contributed by atoms with E-state index in [9.17, 15) is 8.78 Å². The van der Waals surface area contributed by atoms with Gasteiger partial charge in [-0.05, 0) is 49.1 Å². The summed E-state index contributed by atoms with van der Waals surface area (Å²) >= 11 is 0. The van der Waals surface area contributed by atoms with Crippen molar-refractivity contribution in [3.05, 3.63) is 35.4 Å². The van der Waals surface area contributed by atoms with Gasteiger partial charge >= 0.3 is 0 Å². The molecule has 1 aliphatic rings. The molecule has 0 aliphatic heterocycles. The minimum absolute atomic E-state index is 0.0294. The average molecular weight is 225 g/mol. The standard InChI is InChI=1S/C13H17F2N/c14-10-5-6-13(15)11(7-10)12(8-16)9-3-1-2-4-9/h5-7,9,12H,1-4,8,16H2. The lowest BCUT2D eigenvalue weighted by molar-refractivity contribution is 0.422. The van der Waals surface area contributed by atoms with Gasteiger partial charge in [-0.1, -0.05) is 12.8 Å². The van der Waals surface area contributed by atoms with Crippen molar-refractivity contribution in [1.82, 2.24) is 0 Å². The van der Waals surface area contributed by atoms with Gasteiger partial charge < -0.3 is 5.73 Å². The summed E-state index contributed by atoms with van der Waals surface area (Å²) in [7, 11) is 0. The van der Waals surface area contributed by atoms with Crippen LogP contribution in [0.1, 0.15) is 37.2 Å². The number of hydrogen-bond donors (Lipinski definition) is 1. The molecule has 3 heteroatoms. The van der Waals surface area contributed by atoms with Crippen LogP contribution in [0.15, 0.2) is 18.2 Å². The zero-order valence-electron chi connectivity index (χ0n) is 9.26. The molecule has 1 aromatic carbocycles. The summed E-state index contributed by atoms with van der Waals surface area (Å²) in [5, 5.41) is 0. The molecular formula is C13H17F2N. The molecule has 1 atom stereocenters. The van der Waals surface area contributed by atoms with Gasteiger partial charge in [0.05, 0.1) is 0 Å².